The van der Waals surface area contributed by atoms with Crippen molar-refractivity contribution in [3.63, 3.8) is 0 Å². The minimum absolute atomic E-state index is 0.147. The maximum absolute atomic E-state index is 10.1. The summed E-state index contributed by atoms with van der Waals surface area (Å²) in [5, 5.41) is 10.1. The summed E-state index contributed by atoms with van der Waals surface area (Å²) in [7, 11) is 0. The van der Waals surface area contributed by atoms with Crippen LogP contribution >= 0.6 is 0 Å². The Kier molecular flexibility index (Phi) is 7.89. The van der Waals surface area contributed by atoms with Gasteiger partial charge in [0.2, 0.25) is 0 Å². The van der Waals surface area contributed by atoms with E-state index < -0.39 is 6.10 Å². The molecule has 2 rings (SSSR count). The Morgan fingerprint density at radius 2 is 1.73 bits per heavy atom. The molecule has 148 valence electrons. The molecule has 26 heavy (non-hydrogen) atoms. The molecule has 5 heteroatoms. The maximum atomic E-state index is 10.1. The molecule has 0 spiro atoms. The molecule has 1 heterocycles. The number of ether oxygens (including phenoxy) is 3. The summed E-state index contributed by atoms with van der Waals surface area (Å²) in [6, 6.07) is 8.20. The molecule has 0 bridgehead atoms. The molecule has 1 saturated heterocycles. The number of benzene rings is 1. The van der Waals surface area contributed by atoms with Gasteiger partial charge in [0.05, 0.1) is 31.5 Å². The number of rotatable bonds is 8. The molecule has 0 radical (unpaired) electrons. The van der Waals surface area contributed by atoms with Crippen molar-refractivity contribution in [2.24, 2.45) is 0 Å². The van der Waals surface area contributed by atoms with Gasteiger partial charge in [0.1, 0.15) is 12.4 Å². The van der Waals surface area contributed by atoms with Gasteiger partial charge >= 0.3 is 0 Å². The monoisotopic (exact) mass is 365 g/mol. The molecule has 3 atom stereocenters. The smallest absolute Gasteiger partial charge is 0.119 e. The van der Waals surface area contributed by atoms with Gasteiger partial charge < -0.3 is 19.3 Å². The van der Waals surface area contributed by atoms with Crippen molar-refractivity contribution >= 4 is 0 Å². The summed E-state index contributed by atoms with van der Waals surface area (Å²) in [6.45, 7) is 14.3. The van der Waals surface area contributed by atoms with Crippen LogP contribution in [-0.2, 0) is 14.9 Å². The van der Waals surface area contributed by atoms with Crippen LogP contribution in [0.25, 0.3) is 0 Å². The molecule has 0 saturated carbocycles. The average molecular weight is 366 g/mol. The van der Waals surface area contributed by atoms with Gasteiger partial charge in [0.15, 0.2) is 0 Å². The lowest BCUT2D eigenvalue weighted by molar-refractivity contribution is -0.0824. The molecule has 1 N–H and O–H groups in total. The van der Waals surface area contributed by atoms with Crippen LogP contribution in [0, 0.1) is 0 Å². The van der Waals surface area contributed by atoms with Crippen LogP contribution in [0.4, 0.5) is 0 Å². The SMILES string of the molecule is C[C@@H]1CN(C[C@@H](O)COCCOc2ccc(C(C)(C)C)cc2)C[C@H](C)O1. The fourth-order valence-electron chi connectivity index (χ4n) is 3.27. The lowest BCUT2D eigenvalue weighted by Crippen LogP contribution is -2.48. The first-order valence-corrected chi connectivity index (χ1v) is 9.61. The zero-order valence-electron chi connectivity index (χ0n) is 16.9. The summed E-state index contributed by atoms with van der Waals surface area (Å²) in [5.74, 6) is 0.846. The molecule has 1 fully saturated rings. The third kappa shape index (κ3) is 7.23. The number of morpholine rings is 1. The number of hydrogen-bond donors (Lipinski definition) is 1. The van der Waals surface area contributed by atoms with Crippen molar-refractivity contribution in [2.45, 2.75) is 58.3 Å². The van der Waals surface area contributed by atoms with E-state index in [2.05, 4.69) is 51.7 Å². The average Bonchev–Trinajstić information content (AvgIpc) is 2.53. The highest BCUT2D eigenvalue weighted by atomic mass is 16.5. The summed E-state index contributed by atoms with van der Waals surface area (Å²) >= 11 is 0. The molecule has 1 aliphatic heterocycles. The Morgan fingerprint density at radius 1 is 1.12 bits per heavy atom. The molecule has 1 aromatic carbocycles. The van der Waals surface area contributed by atoms with Crippen LogP contribution in [-0.4, -0.2) is 67.8 Å². The van der Waals surface area contributed by atoms with E-state index in [0.29, 0.717) is 26.4 Å². The molecule has 0 amide bonds. The van der Waals surface area contributed by atoms with E-state index in [1.165, 1.54) is 5.56 Å². The van der Waals surface area contributed by atoms with E-state index in [4.69, 9.17) is 14.2 Å². The van der Waals surface area contributed by atoms with Gasteiger partial charge in [-0.15, -0.1) is 0 Å². The predicted octanol–water partition coefficient (Wildman–Crippen LogP) is 2.85. The van der Waals surface area contributed by atoms with E-state index in [0.717, 1.165) is 18.8 Å². The van der Waals surface area contributed by atoms with Crippen molar-refractivity contribution in [2.75, 3.05) is 39.5 Å². The highest BCUT2D eigenvalue weighted by molar-refractivity contribution is 5.31. The van der Waals surface area contributed by atoms with Crippen molar-refractivity contribution in [3.8, 4) is 5.75 Å². The van der Waals surface area contributed by atoms with Crippen molar-refractivity contribution in [1.82, 2.24) is 4.90 Å². The third-order valence-corrected chi connectivity index (χ3v) is 4.49. The Balaban J connectivity index is 1.60. The Labute approximate surface area is 158 Å². The zero-order valence-corrected chi connectivity index (χ0v) is 16.9. The minimum Gasteiger partial charge on any atom is -0.491 e. The highest BCUT2D eigenvalue weighted by Crippen LogP contribution is 2.24. The molecule has 0 aromatic heterocycles. The lowest BCUT2D eigenvalue weighted by atomic mass is 9.87. The minimum atomic E-state index is -0.487. The normalized spacial score (nSPS) is 23.0. The van der Waals surface area contributed by atoms with Crippen LogP contribution in [0.1, 0.15) is 40.2 Å². The molecule has 1 aliphatic rings. The van der Waals surface area contributed by atoms with Gasteiger partial charge in [0.25, 0.3) is 0 Å². The Morgan fingerprint density at radius 3 is 2.31 bits per heavy atom. The standard InChI is InChI=1S/C21H35NO4/c1-16-12-22(13-17(2)26-16)14-19(23)15-24-10-11-25-20-8-6-18(7-9-20)21(3,4)5/h6-9,16-17,19,23H,10-15H2,1-5H3/t16-,17+,19-/m1/s1. The van der Waals surface area contributed by atoms with Crippen LogP contribution in [0.15, 0.2) is 24.3 Å². The first-order chi connectivity index (χ1) is 12.2. The molecular formula is C21H35NO4. The Bertz CT molecular complexity index is 516. The second kappa shape index (κ2) is 9.70. The van der Waals surface area contributed by atoms with Crippen LogP contribution in [0.2, 0.25) is 0 Å². The lowest BCUT2D eigenvalue weighted by Gasteiger charge is -2.36. The van der Waals surface area contributed by atoms with E-state index in [1.807, 2.05) is 12.1 Å². The van der Waals surface area contributed by atoms with Gasteiger partial charge in [-0.2, -0.15) is 0 Å². The first-order valence-electron chi connectivity index (χ1n) is 9.61. The van der Waals surface area contributed by atoms with E-state index in [-0.39, 0.29) is 17.6 Å². The van der Waals surface area contributed by atoms with Gasteiger partial charge in [-0.1, -0.05) is 32.9 Å². The number of nitrogens with zero attached hydrogens (tertiary/aromatic N) is 1. The number of β-amino-alcohol motifs (C(OH)–C–C–N with tert-alkyl or cyclic N) is 1. The number of aliphatic hydroxyl groups excluding tert-OH is 1. The topological polar surface area (TPSA) is 51.2 Å². The van der Waals surface area contributed by atoms with Crippen molar-refractivity contribution in [1.29, 1.82) is 0 Å². The van der Waals surface area contributed by atoms with E-state index in [9.17, 15) is 5.11 Å². The van der Waals surface area contributed by atoms with Gasteiger partial charge in [-0.05, 0) is 37.0 Å². The summed E-state index contributed by atoms with van der Waals surface area (Å²) < 4.78 is 17.0. The summed E-state index contributed by atoms with van der Waals surface area (Å²) in [6.07, 6.45) is -0.0616. The molecule has 1 aromatic rings. The van der Waals surface area contributed by atoms with E-state index >= 15 is 0 Å². The van der Waals surface area contributed by atoms with Crippen molar-refractivity contribution in [3.05, 3.63) is 29.8 Å². The summed E-state index contributed by atoms with van der Waals surface area (Å²) in [5.41, 5.74) is 1.43. The largest absolute Gasteiger partial charge is 0.491 e. The van der Waals surface area contributed by atoms with E-state index in [1.54, 1.807) is 0 Å². The second-order valence-corrected chi connectivity index (χ2v) is 8.33. The zero-order chi connectivity index (χ0) is 19.2. The van der Waals surface area contributed by atoms with Crippen LogP contribution in [0.3, 0.4) is 0 Å². The third-order valence-electron chi connectivity index (χ3n) is 4.49. The quantitative estimate of drug-likeness (QED) is 0.718. The molecule has 5 nitrogen and oxygen atoms in total. The molecule has 0 aliphatic carbocycles. The molecule has 0 unspecified atom stereocenters. The van der Waals surface area contributed by atoms with Crippen molar-refractivity contribution < 1.29 is 19.3 Å². The molecular weight excluding hydrogens is 330 g/mol. The number of aliphatic hydroxyl groups is 1. The fraction of sp³-hybridized carbons (Fsp3) is 0.714. The first kappa shape index (κ1) is 21.2. The van der Waals surface area contributed by atoms with Gasteiger partial charge in [-0.3, -0.25) is 4.90 Å². The maximum Gasteiger partial charge on any atom is 0.119 e. The fourth-order valence-corrected chi connectivity index (χ4v) is 3.27. The van der Waals surface area contributed by atoms with Gasteiger partial charge in [0, 0.05) is 19.6 Å². The Hall–Kier alpha value is -1.14. The van der Waals surface area contributed by atoms with Crippen LogP contribution < -0.4 is 4.74 Å². The predicted molar refractivity (Wildman–Crippen MR) is 104 cm³/mol. The van der Waals surface area contributed by atoms with Crippen LogP contribution in [0.5, 0.6) is 5.75 Å². The highest BCUT2D eigenvalue weighted by Gasteiger charge is 2.23. The number of hydrogen-bond acceptors (Lipinski definition) is 5. The summed E-state index contributed by atoms with van der Waals surface area (Å²) in [4.78, 5) is 2.24. The second-order valence-electron chi connectivity index (χ2n) is 8.33. The van der Waals surface area contributed by atoms with Gasteiger partial charge in [-0.25, -0.2) is 0 Å².